The average molecular weight is 312 g/mol. The van der Waals surface area contributed by atoms with E-state index in [-0.39, 0.29) is 23.5 Å². The van der Waals surface area contributed by atoms with Gasteiger partial charge in [-0.25, -0.2) is 0 Å². The number of unbranched alkanes of at least 4 members (excludes halogenated alkanes) is 5. The Labute approximate surface area is 134 Å². The minimum Gasteiger partial charge on any atom is -0.469 e. The maximum atomic E-state index is 12.0. The first-order valence-corrected chi connectivity index (χ1v) is 8.68. The molecule has 0 spiro atoms. The predicted molar refractivity (Wildman–Crippen MR) is 86.4 cm³/mol. The van der Waals surface area contributed by atoms with Gasteiger partial charge in [0.25, 0.3) is 0 Å². The van der Waals surface area contributed by atoms with E-state index in [0.29, 0.717) is 12.3 Å². The van der Waals surface area contributed by atoms with Gasteiger partial charge in [-0.05, 0) is 32.1 Å². The Morgan fingerprint density at radius 1 is 1.23 bits per heavy atom. The van der Waals surface area contributed by atoms with Crippen LogP contribution < -0.4 is 0 Å². The van der Waals surface area contributed by atoms with Crippen LogP contribution in [0.5, 0.6) is 0 Å². The van der Waals surface area contributed by atoms with Crippen molar-refractivity contribution in [2.24, 2.45) is 11.3 Å². The molecule has 0 saturated carbocycles. The van der Waals surface area contributed by atoms with Crippen LogP contribution in [0.3, 0.4) is 0 Å². The molecule has 1 aliphatic rings. The van der Waals surface area contributed by atoms with Crippen LogP contribution in [-0.2, 0) is 19.1 Å². The maximum absolute atomic E-state index is 12.0. The summed E-state index contributed by atoms with van der Waals surface area (Å²) in [7, 11) is 1.43. The molecule has 1 heterocycles. The zero-order chi connectivity index (χ0) is 16.6. The average Bonchev–Trinajstić information content (AvgIpc) is 2.77. The summed E-state index contributed by atoms with van der Waals surface area (Å²) < 4.78 is 10.1. The molecule has 1 rings (SSSR count). The summed E-state index contributed by atoms with van der Waals surface area (Å²) >= 11 is 0. The van der Waals surface area contributed by atoms with Gasteiger partial charge >= 0.3 is 11.9 Å². The van der Waals surface area contributed by atoms with Crippen LogP contribution in [0.1, 0.15) is 78.6 Å². The molecule has 0 amide bonds. The molecule has 0 aliphatic carbocycles. The fourth-order valence-electron chi connectivity index (χ4n) is 2.97. The summed E-state index contributed by atoms with van der Waals surface area (Å²) in [5.74, 6) is 0.200. The molecule has 0 aromatic heterocycles. The molecule has 1 aliphatic heterocycles. The highest BCUT2D eigenvalue weighted by molar-refractivity contribution is 5.78. The van der Waals surface area contributed by atoms with Gasteiger partial charge in [0.15, 0.2) is 0 Å². The number of hydrogen-bond acceptors (Lipinski definition) is 4. The van der Waals surface area contributed by atoms with Crippen LogP contribution in [0.4, 0.5) is 0 Å². The van der Waals surface area contributed by atoms with Crippen LogP contribution in [0.25, 0.3) is 0 Å². The monoisotopic (exact) mass is 312 g/mol. The van der Waals surface area contributed by atoms with E-state index in [1.807, 2.05) is 6.92 Å². The molecule has 4 heteroatoms. The maximum Gasteiger partial charge on any atom is 0.312 e. The van der Waals surface area contributed by atoms with Crippen molar-refractivity contribution in [1.29, 1.82) is 0 Å². The van der Waals surface area contributed by atoms with Gasteiger partial charge in [0.05, 0.1) is 12.5 Å². The Balaban J connectivity index is 2.04. The summed E-state index contributed by atoms with van der Waals surface area (Å²) in [5, 5.41) is 0. The number of esters is 2. The highest BCUT2D eigenvalue weighted by atomic mass is 16.6. The van der Waals surface area contributed by atoms with E-state index in [1.54, 1.807) is 0 Å². The van der Waals surface area contributed by atoms with E-state index in [4.69, 9.17) is 4.74 Å². The molecule has 0 N–H and O–H groups in total. The fourth-order valence-corrected chi connectivity index (χ4v) is 2.97. The lowest BCUT2D eigenvalue weighted by molar-refractivity contribution is -0.150. The molecule has 0 unspecified atom stereocenters. The molecule has 128 valence electrons. The number of carbonyl (C=O) groups excluding carboxylic acids is 2. The predicted octanol–water partition coefficient (Wildman–Crippen LogP) is 4.26. The lowest BCUT2D eigenvalue weighted by atomic mass is 9.76. The lowest BCUT2D eigenvalue weighted by Crippen LogP contribution is -2.28. The molecule has 4 nitrogen and oxygen atoms in total. The van der Waals surface area contributed by atoms with Crippen LogP contribution in [-0.4, -0.2) is 25.2 Å². The van der Waals surface area contributed by atoms with Crippen molar-refractivity contribution < 1.29 is 19.1 Å². The molecular weight excluding hydrogens is 280 g/mol. The fraction of sp³-hybridized carbons (Fsp3) is 0.889. The van der Waals surface area contributed by atoms with Gasteiger partial charge < -0.3 is 9.47 Å². The number of ether oxygens (including phenoxy) is 2. The van der Waals surface area contributed by atoms with Crippen molar-refractivity contribution in [1.82, 2.24) is 0 Å². The first-order valence-electron chi connectivity index (χ1n) is 8.68. The highest BCUT2D eigenvalue weighted by Gasteiger charge is 2.46. The number of rotatable bonds is 10. The summed E-state index contributed by atoms with van der Waals surface area (Å²) in [6.45, 7) is 6.22. The van der Waals surface area contributed by atoms with Crippen molar-refractivity contribution in [3.8, 4) is 0 Å². The minimum atomic E-state index is -0.293. The largest absolute Gasteiger partial charge is 0.469 e. The lowest BCUT2D eigenvalue weighted by Gasteiger charge is -2.23. The third kappa shape index (κ3) is 5.62. The van der Waals surface area contributed by atoms with Crippen LogP contribution in [0, 0.1) is 11.3 Å². The Morgan fingerprint density at radius 2 is 1.82 bits per heavy atom. The zero-order valence-corrected chi connectivity index (χ0v) is 14.7. The molecule has 22 heavy (non-hydrogen) atoms. The third-order valence-electron chi connectivity index (χ3n) is 5.05. The quantitative estimate of drug-likeness (QED) is 0.447. The van der Waals surface area contributed by atoms with Crippen LogP contribution >= 0.6 is 0 Å². The number of cyclic esters (lactones) is 1. The van der Waals surface area contributed by atoms with Gasteiger partial charge in [0, 0.05) is 12.8 Å². The number of carbonyl (C=O) groups is 2. The Kier molecular flexibility index (Phi) is 7.91. The first-order chi connectivity index (χ1) is 10.4. The molecule has 1 saturated heterocycles. The van der Waals surface area contributed by atoms with E-state index in [1.165, 1.54) is 20.0 Å². The molecule has 0 aromatic rings. The van der Waals surface area contributed by atoms with Gasteiger partial charge in [-0.15, -0.1) is 0 Å². The normalized spacial score (nSPS) is 24.6. The van der Waals surface area contributed by atoms with E-state index in [0.717, 1.165) is 38.5 Å². The number of methoxy groups -OCH3 is 1. The van der Waals surface area contributed by atoms with Gasteiger partial charge in [-0.2, -0.15) is 0 Å². The highest BCUT2D eigenvalue weighted by Crippen LogP contribution is 2.41. The standard InChI is InChI=1S/C18H32O4/c1-14(2)18(3)13-15(22-17(18)20)11-9-7-5-6-8-10-12-16(19)21-4/h14-15H,5-13H2,1-4H3/t15-,18-/m1/s1. The van der Waals surface area contributed by atoms with Gasteiger partial charge in [-0.1, -0.05) is 39.5 Å². The topological polar surface area (TPSA) is 52.6 Å². The summed E-state index contributed by atoms with van der Waals surface area (Å²) in [4.78, 5) is 22.9. The van der Waals surface area contributed by atoms with Crippen molar-refractivity contribution in [2.75, 3.05) is 7.11 Å². The van der Waals surface area contributed by atoms with Crippen LogP contribution in [0.2, 0.25) is 0 Å². The molecule has 0 bridgehead atoms. The van der Waals surface area contributed by atoms with Gasteiger partial charge in [0.2, 0.25) is 0 Å². The van der Waals surface area contributed by atoms with E-state index >= 15 is 0 Å². The molecule has 0 aromatic carbocycles. The first kappa shape index (κ1) is 19.0. The smallest absolute Gasteiger partial charge is 0.312 e. The molecular formula is C18H32O4. The second kappa shape index (κ2) is 9.16. The van der Waals surface area contributed by atoms with Crippen molar-refractivity contribution in [2.45, 2.75) is 84.7 Å². The van der Waals surface area contributed by atoms with Crippen molar-refractivity contribution in [3.05, 3.63) is 0 Å². The summed E-state index contributed by atoms with van der Waals surface area (Å²) in [6.07, 6.45) is 9.11. The van der Waals surface area contributed by atoms with Crippen molar-refractivity contribution in [3.63, 3.8) is 0 Å². The molecule has 2 atom stereocenters. The minimum absolute atomic E-state index is 0.0182. The second-order valence-electron chi connectivity index (χ2n) is 7.04. The van der Waals surface area contributed by atoms with E-state index < -0.39 is 0 Å². The van der Waals surface area contributed by atoms with Gasteiger partial charge in [0.1, 0.15) is 6.10 Å². The summed E-state index contributed by atoms with van der Waals surface area (Å²) in [5.41, 5.74) is -0.293. The Bertz CT molecular complexity index is 364. The van der Waals surface area contributed by atoms with E-state index in [2.05, 4.69) is 18.6 Å². The van der Waals surface area contributed by atoms with E-state index in [9.17, 15) is 9.59 Å². The third-order valence-corrected chi connectivity index (χ3v) is 5.05. The Morgan fingerprint density at radius 3 is 2.36 bits per heavy atom. The Hall–Kier alpha value is -1.06. The summed E-state index contributed by atoms with van der Waals surface area (Å²) in [6, 6.07) is 0. The van der Waals surface area contributed by atoms with Crippen LogP contribution in [0.15, 0.2) is 0 Å². The zero-order valence-electron chi connectivity index (χ0n) is 14.7. The van der Waals surface area contributed by atoms with Crippen molar-refractivity contribution >= 4 is 11.9 Å². The SMILES string of the molecule is COC(=O)CCCCCCCC[C@@H]1C[C@](C)(C(C)C)C(=O)O1. The molecule has 0 radical (unpaired) electrons. The van der Waals surface area contributed by atoms with Gasteiger partial charge in [-0.3, -0.25) is 9.59 Å². The molecule has 1 fully saturated rings. The number of hydrogen-bond donors (Lipinski definition) is 0. The second-order valence-corrected chi connectivity index (χ2v) is 7.04.